The normalized spacial score (nSPS) is 23.1. The molecule has 3 aromatic rings. The van der Waals surface area contributed by atoms with Gasteiger partial charge in [0.05, 0.1) is 10.8 Å². The number of carbonyl (C=O) groups excluding carboxylic acids is 2. The summed E-state index contributed by atoms with van der Waals surface area (Å²) >= 11 is 0. The molecule has 0 bridgehead atoms. The number of carbonyl (C=O) groups is 2. The minimum absolute atomic E-state index is 0.147. The number of nitrogens with one attached hydrogen (secondary N) is 1. The molecule has 36 heavy (non-hydrogen) atoms. The molecule has 1 saturated carbocycles. The first-order chi connectivity index (χ1) is 17.5. The number of Topliss-reactive ketones (excluding diaryl/α,β-unsaturated/α-hetero) is 1. The summed E-state index contributed by atoms with van der Waals surface area (Å²) in [6.07, 6.45) is 3.38. The fourth-order valence-corrected chi connectivity index (χ4v) is 6.20. The number of rotatable bonds is 9. The summed E-state index contributed by atoms with van der Waals surface area (Å²) in [6, 6.07) is 30.8. The number of ketones is 1. The van der Waals surface area contributed by atoms with E-state index in [1.807, 2.05) is 54.6 Å². The highest BCUT2D eigenvalue weighted by Crippen LogP contribution is 2.55. The van der Waals surface area contributed by atoms with E-state index in [4.69, 9.17) is 0 Å². The Morgan fingerprint density at radius 1 is 0.833 bits per heavy atom. The summed E-state index contributed by atoms with van der Waals surface area (Å²) in [6.45, 7) is 5.04. The van der Waals surface area contributed by atoms with Crippen molar-refractivity contribution in [2.75, 3.05) is 26.2 Å². The third-order valence-corrected chi connectivity index (χ3v) is 8.53. The summed E-state index contributed by atoms with van der Waals surface area (Å²) in [5.41, 5.74) is 2.66. The van der Waals surface area contributed by atoms with Crippen molar-refractivity contribution in [3.05, 3.63) is 108 Å². The van der Waals surface area contributed by atoms with Crippen LogP contribution in [0.4, 0.5) is 0 Å². The largest absolute Gasteiger partial charge is 0.355 e. The molecule has 0 aromatic heterocycles. The van der Waals surface area contributed by atoms with Gasteiger partial charge in [0.2, 0.25) is 5.91 Å². The third kappa shape index (κ3) is 4.75. The topological polar surface area (TPSA) is 49.4 Å². The van der Waals surface area contributed by atoms with Crippen molar-refractivity contribution >= 4 is 11.7 Å². The number of nitrogens with zero attached hydrogens (tertiary/aromatic N) is 1. The lowest BCUT2D eigenvalue weighted by molar-refractivity contribution is -0.124. The zero-order valence-electron chi connectivity index (χ0n) is 21.2. The van der Waals surface area contributed by atoms with Crippen LogP contribution in [0.25, 0.3) is 0 Å². The molecule has 0 unspecified atom stereocenters. The molecule has 1 saturated heterocycles. The summed E-state index contributed by atoms with van der Waals surface area (Å²) in [5, 5.41) is 3.25. The number of piperidine rings is 1. The van der Waals surface area contributed by atoms with Gasteiger partial charge < -0.3 is 10.2 Å². The van der Waals surface area contributed by atoms with Gasteiger partial charge in [-0.1, -0.05) is 91.0 Å². The second-order valence-electron chi connectivity index (χ2n) is 10.5. The molecule has 2 aliphatic rings. The molecule has 4 heteroatoms. The van der Waals surface area contributed by atoms with Crippen LogP contribution in [0.15, 0.2) is 91.0 Å². The van der Waals surface area contributed by atoms with E-state index in [0.717, 1.165) is 56.4 Å². The second kappa shape index (κ2) is 10.4. The summed E-state index contributed by atoms with van der Waals surface area (Å²) in [4.78, 5) is 28.8. The Hall–Kier alpha value is -3.24. The summed E-state index contributed by atoms with van der Waals surface area (Å²) < 4.78 is 0. The van der Waals surface area contributed by atoms with Gasteiger partial charge >= 0.3 is 0 Å². The van der Waals surface area contributed by atoms with Gasteiger partial charge in [-0.2, -0.15) is 0 Å². The Labute approximate surface area is 214 Å². The second-order valence-corrected chi connectivity index (χ2v) is 10.5. The Kier molecular flexibility index (Phi) is 7.06. The van der Waals surface area contributed by atoms with Crippen molar-refractivity contribution in [1.29, 1.82) is 0 Å². The lowest BCUT2D eigenvalue weighted by Crippen LogP contribution is -2.47. The summed E-state index contributed by atoms with van der Waals surface area (Å²) in [5.74, 6) is 0.698. The molecular weight excluding hydrogens is 444 g/mol. The van der Waals surface area contributed by atoms with Crippen molar-refractivity contribution in [2.24, 2.45) is 5.92 Å². The third-order valence-electron chi connectivity index (χ3n) is 8.53. The Balaban J connectivity index is 1.25. The minimum Gasteiger partial charge on any atom is -0.355 e. The smallest absolute Gasteiger partial charge is 0.231 e. The number of amides is 1. The molecular formula is C32H36N2O2. The molecule has 4 nitrogen and oxygen atoms in total. The first-order valence-corrected chi connectivity index (χ1v) is 13.2. The maximum Gasteiger partial charge on any atom is 0.231 e. The monoisotopic (exact) mass is 480 g/mol. The molecule has 0 radical (unpaired) electrons. The van der Waals surface area contributed by atoms with Crippen LogP contribution >= 0.6 is 0 Å². The Bertz CT molecular complexity index is 1170. The molecule has 1 N–H and O–H groups in total. The average Bonchev–Trinajstić information content (AvgIpc) is 3.65. The van der Waals surface area contributed by atoms with E-state index >= 15 is 0 Å². The quantitative estimate of drug-likeness (QED) is 0.473. The molecule has 1 aliphatic carbocycles. The number of hydrogen-bond acceptors (Lipinski definition) is 3. The van der Waals surface area contributed by atoms with Crippen LogP contribution in [-0.2, 0) is 26.8 Å². The van der Waals surface area contributed by atoms with Gasteiger partial charge in [0.15, 0.2) is 0 Å². The molecule has 3 aromatic carbocycles. The lowest BCUT2D eigenvalue weighted by Gasteiger charge is -2.41. The van der Waals surface area contributed by atoms with Crippen molar-refractivity contribution < 1.29 is 9.59 Å². The number of hydrogen-bond donors (Lipinski definition) is 1. The zero-order valence-corrected chi connectivity index (χ0v) is 21.2. The molecule has 1 heterocycles. The highest BCUT2D eigenvalue weighted by molar-refractivity contribution is 5.92. The molecule has 186 valence electrons. The van der Waals surface area contributed by atoms with E-state index in [2.05, 4.69) is 46.6 Å². The maximum atomic E-state index is 13.6. The van der Waals surface area contributed by atoms with E-state index < -0.39 is 5.41 Å². The number of benzene rings is 3. The average molecular weight is 481 g/mol. The minimum atomic E-state index is -0.452. The van der Waals surface area contributed by atoms with E-state index in [9.17, 15) is 9.59 Å². The van der Waals surface area contributed by atoms with Gasteiger partial charge in [-0.25, -0.2) is 0 Å². The van der Waals surface area contributed by atoms with E-state index in [-0.39, 0.29) is 23.0 Å². The van der Waals surface area contributed by atoms with Crippen LogP contribution in [0, 0.1) is 5.92 Å². The van der Waals surface area contributed by atoms with Crippen LogP contribution in [0.3, 0.4) is 0 Å². The Morgan fingerprint density at radius 3 is 1.97 bits per heavy atom. The van der Waals surface area contributed by atoms with Crippen LogP contribution < -0.4 is 5.32 Å². The molecule has 1 aliphatic heterocycles. The van der Waals surface area contributed by atoms with Gasteiger partial charge in [0.25, 0.3) is 0 Å². The van der Waals surface area contributed by atoms with Gasteiger partial charge in [-0.15, -0.1) is 0 Å². The highest BCUT2D eigenvalue weighted by atomic mass is 16.2. The van der Waals surface area contributed by atoms with Crippen molar-refractivity contribution in [3.63, 3.8) is 0 Å². The lowest BCUT2D eigenvalue weighted by atomic mass is 9.70. The van der Waals surface area contributed by atoms with E-state index in [1.54, 1.807) is 6.92 Å². The molecule has 5 rings (SSSR count). The standard InChI is InChI=1S/C32H36N2O2/c1-25(35)31(27-13-7-3-8-14-27)18-21-34(22-19-31)24-29-23-32(29,28-15-9-4-10-16-28)30(36)33-20-17-26-11-5-2-6-12-26/h2-16,29H,17-24H2,1H3,(H,33,36)/t29-,32+/m0/s1. The van der Waals surface area contributed by atoms with Crippen LogP contribution in [0.5, 0.6) is 0 Å². The molecule has 1 amide bonds. The van der Waals surface area contributed by atoms with Gasteiger partial charge in [-0.05, 0) is 68.3 Å². The van der Waals surface area contributed by atoms with E-state index in [1.165, 1.54) is 5.56 Å². The predicted octanol–water partition coefficient (Wildman–Crippen LogP) is 4.93. The van der Waals surface area contributed by atoms with Crippen LogP contribution in [0.1, 0.15) is 42.9 Å². The van der Waals surface area contributed by atoms with Crippen LogP contribution in [-0.4, -0.2) is 42.8 Å². The molecule has 2 fully saturated rings. The van der Waals surface area contributed by atoms with Gasteiger partial charge in [-0.3, -0.25) is 9.59 Å². The van der Waals surface area contributed by atoms with Gasteiger partial charge in [0.1, 0.15) is 5.78 Å². The first kappa shape index (κ1) is 24.5. The van der Waals surface area contributed by atoms with Crippen LogP contribution in [0.2, 0.25) is 0 Å². The SMILES string of the molecule is CC(=O)C1(c2ccccc2)CCN(C[C@@H]2C[C@@]2(C(=O)NCCc2ccccc2)c2ccccc2)CC1. The predicted molar refractivity (Wildman–Crippen MR) is 144 cm³/mol. The number of likely N-dealkylation sites (tertiary alicyclic amines) is 1. The Morgan fingerprint density at radius 2 is 1.39 bits per heavy atom. The van der Waals surface area contributed by atoms with Crippen molar-refractivity contribution in [1.82, 2.24) is 10.2 Å². The molecule has 2 atom stereocenters. The maximum absolute atomic E-state index is 13.6. The van der Waals surface area contributed by atoms with Crippen molar-refractivity contribution in [2.45, 2.75) is 43.4 Å². The van der Waals surface area contributed by atoms with Crippen molar-refractivity contribution in [3.8, 4) is 0 Å². The summed E-state index contributed by atoms with van der Waals surface area (Å²) in [7, 11) is 0. The zero-order chi connectivity index (χ0) is 25.0. The fraction of sp³-hybridized carbons (Fsp3) is 0.375. The fourth-order valence-electron chi connectivity index (χ4n) is 6.20. The first-order valence-electron chi connectivity index (χ1n) is 13.2. The molecule has 0 spiro atoms. The highest BCUT2D eigenvalue weighted by Gasteiger charge is 2.61. The van der Waals surface area contributed by atoms with E-state index in [0.29, 0.717) is 6.54 Å². The van der Waals surface area contributed by atoms with Gasteiger partial charge in [0, 0.05) is 13.1 Å².